The number of nitrogens with one attached hydrogen (secondary N) is 2. The highest BCUT2D eigenvalue weighted by molar-refractivity contribution is 7.98. The molecule has 3 amide bonds. The second-order valence-corrected chi connectivity index (χ2v) is 13.9. The fourth-order valence-corrected chi connectivity index (χ4v) is 5.10. The first-order chi connectivity index (χ1) is 21.5. The maximum Gasteiger partial charge on any atom is 0.408 e. The number of esters is 1. The molecule has 2 aromatic carbocycles. The van der Waals surface area contributed by atoms with Gasteiger partial charge in [0.25, 0.3) is 0 Å². The Labute approximate surface area is 277 Å². The van der Waals surface area contributed by atoms with Gasteiger partial charge in [-0.15, -0.1) is 6.58 Å². The van der Waals surface area contributed by atoms with E-state index in [-0.39, 0.29) is 30.7 Å². The second-order valence-electron chi connectivity index (χ2n) is 13.0. The standard InChI is InChI=1S/C35H49N3O7S/c1-10-20-38(31(41)26(19-21-46-9)37-33(43)45-35(6,7)8)28(25-18-14-15-23(2)29(25)39)30(40)36-27(32(42)44-34(3,4)5)22-24-16-12-11-13-17-24/h10-18,26-28,39H,1,19-22H2,2-9H3,(H,36,40)(H,37,43). The first-order valence-electron chi connectivity index (χ1n) is 15.2. The van der Waals surface area contributed by atoms with Gasteiger partial charge in [-0.1, -0.05) is 54.6 Å². The van der Waals surface area contributed by atoms with Crippen LogP contribution in [0, 0.1) is 6.92 Å². The summed E-state index contributed by atoms with van der Waals surface area (Å²) in [7, 11) is 0. The molecule has 3 atom stereocenters. The highest BCUT2D eigenvalue weighted by Gasteiger charge is 2.39. The van der Waals surface area contributed by atoms with Crippen LogP contribution in [0.3, 0.4) is 0 Å². The number of ether oxygens (including phenoxy) is 2. The van der Waals surface area contributed by atoms with Crippen molar-refractivity contribution in [3.05, 3.63) is 77.9 Å². The zero-order valence-electron chi connectivity index (χ0n) is 28.2. The van der Waals surface area contributed by atoms with Gasteiger partial charge in [0, 0.05) is 18.5 Å². The highest BCUT2D eigenvalue weighted by Crippen LogP contribution is 2.33. The van der Waals surface area contributed by atoms with E-state index in [0.29, 0.717) is 11.3 Å². The summed E-state index contributed by atoms with van der Waals surface area (Å²) in [6, 6.07) is 10.5. The maximum absolute atomic E-state index is 14.4. The fourth-order valence-electron chi connectivity index (χ4n) is 4.62. The van der Waals surface area contributed by atoms with E-state index in [1.807, 2.05) is 36.6 Å². The van der Waals surface area contributed by atoms with Crippen LogP contribution in [-0.4, -0.2) is 75.7 Å². The molecule has 0 spiro atoms. The van der Waals surface area contributed by atoms with Crippen LogP contribution in [0.15, 0.2) is 61.2 Å². The molecule has 0 aliphatic carbocycles. The van der Waals surface area contributed by atoms with Crippen molar-refractivity contribution in [3.8, 4) is 5.75 Å². The van der Waals surface area contributed by atoms with Gasteiger partial charge in [0.2, 0.25) is 11.8 Å². The minimum absolute atomic E-state index is 0.105. The number of rotatable bonds is 14. The first-order valence-corrected chi connectivity index (χ1v) is 16.6. The van der Waals surface area contributed by atoms with E-state index in [2.05, 4.69) is 17.2 Å². The molecule has 2 aromatic rings. The smallest absolute Gasteiger partial charge is 0.408 e. The number of benzene rings is 2. The van der Waals surface area contributed by atoms with Crippen LogP contribution < -0.4 is 10.6 Å². The molecule has 3 N–H and O–H groups in total. The van der Waals surface area contributed by atoms with E-state index in [1.165, 1.54) is 22.7 Å². The van der Waals surface area contributed by atoms with Crippen molar-refractivity contribution >= 4 is 35.6 Å². The number of phenols is 1. The molecule has 0 radical (unpaired) electrons. The Balaban J connectivity index is 2.63. The lowest BCUT2D eigenvalue weighted by Crippen LogP contribution is -2.55. The lowest BCUT2D eigenvalue weighted by atomic mass is 9.98. The predicted octanol–water partition coefficient (Wildman–Crippen LogP) is 5.47. The van der Waals surface area contributed by atoms with Crippen molar-refractivity contribution in [1.29, 1.82) is 0 Å². The first kappa shape index (κ1) is 38.2. The van der Waals surface area contributed by atoms with Crippen molar-refractivity contribution in [3.63, 3.8) is 0 Å². The van der Waals surface area contributed by atoms with Gasteiger partial charge >= 0.3 is 12.1 Å². The number of hydrogen-bond donors (Lipinski definition) is 3. The van der Waals surface area contributed by atoms with Crippen LogP contribution >= 0.6 is 11.8 Å². The van der Waals surface area contributed by atoms with E-state index in [1.54, 1.807) is 66.7 Å². The van der Waals surface area contributed by atoms with Gasteiger partial charge in [0.1, 0.15) is 35.1 Å². The minimum Gasteiger partial charge on any atom is -0.507 e. The molecule has 2 rings (SSSR count). The third-order valence-corrected chi connectivity index (χ3v) is 7.27. The SMILES string of the molecule is C=CCN(C(=O)C(CCSC)NC(=O)OC(C)(C)C)C(C(=O)NC(Cc1ccccc1)C(=O)OC(C)(C)C)c1cccc(C)c1O. The Morgan fingerprint density at radius 3 is 2.13 bits per heavy atom. The summed E-state index contributed by atoms with van der Waals surface area (Å²) in [5.41, 5.74) is -0.209. The predicted molar refractivity (Wildman–Crippen MR) is 182 cm³/mol. The lowest BCUT2D eigenvalue weighted by molar-refractivity contribution is -0.159. The molecule has 0 bridgehead atoms. The molecule has 11 heteroatoms. The van der Waals surface area contributed by atoms with Crippen LogP contribution in [0.1, 0.15) is 70.7 Å². The van der Waals surface area contributed by atoms with Crippen LogP contribution in [-0.2, 0) is 30.3 Å². The van der Waals surface area contributed by atoms with Crippen LogP contribution in [0.25, 0.3) is 0 Å². The molecule has 0 fully saturated rings. The summed E-state index contributed by atoms with van der Waals surface area (Å²) in [4.78, 5) is 56.1. The molecule has 0 aromatic heterocycles. The summed E-state index contributed by atoms with van der Waals surface area (Å²) < 4.78 is 11.1. The number of phenolic OH excluding ortho intramolecular Hbond substituents is 1. The number of aryl methyl sites for hydroxylation is 1. The molecular formula is C35H49N3O7S. The third kappa shape index (κ3) is 12.1. The molecule has 0 aliphatic rings. The molecule has 252 valence electrons. The van der Waals surface area contributed by atoms with E-state index >= 15 is 0 Å². The van der Waals surface area contributed by atoms with Gasteiger partial charge in [-0.05, 0) is 78.0 Å². The van der Waals surface area contributed by atoms with E-state index in [0.717, 1.165) is 5.56 Å². The average molecular weight is 656 g/mol. The quantitative estimate of drug-likeness (QED) is 0.180. The largest absolute Gasteiger partial charge is 0.507 e. The number of carbonyl (C=O) groups is 4. The van der Waals surface area contributed by atoms with Crippen LogP contribution in [0.5, 0.6) is 5.75 Å². The molecule has 3 unspecified atom stereocenters. The third-order valence-electron chi connectivity index (χ3n) is 6.62. The Bertz CT molecular complexity index is 1350. The van der Waals surface area contributed by atoms with E-state index in [4.69, 9.17) is 9.47 Å². The van der Waals surface area contributed by atoms with E-state index < -0.39 is 53.2 Å². The Morgan fingerprint density at radius 2 is 1.57 bits per heavy atom. The molecular weight excluding hydrogens is 606 g/mol. The van der Waals surface area contributed by atoms with Crippen molar-refractivity contribution in [2.45, 2.75) is 90.6 Å². The summed E-state index contributed by atoms with van der Waals surface area (Å²) in [6.07, 6.45) is 2.92. The van der Waals surface area contributed by atoms with E-state index in [9.17, 15) is 24.3 Å². The van der Waals surface area contributed by atoms with Gasteiger partial charge in [-0.25, -0.2) is 9.59 Å². The highest BCUT2D eigenvalue weighted by atomic mass is 32.2. The number of para-hydroxylation sites is 1. The fraction of sp³-hybridized carbons (Fsp3) is 0.486. The Kier molecular flexibility index (Phi) is 14.2. The van der Waals surface area contributed by atoms with Crippen molar-refractivity contribution in [2.24, 2.45) is 0 Å². The summed E-state index contributed by atoms with van der Waals surface area (Å²) in [6.45, 7) is 15.7. The monoisotopic (exact) mass is 655 g/mol. The van der Waals surface area contributed by atoms with Gasteiger partial charge in [-0.3, -0.25) is 9.59 Å². The maximum atomic E-state index is 14.4. The van der Waals surface area contributed by atoms with Crippen LogP contribution in [0.4, 0.5) is 4.79 Å². The number of alkyl carbamates (subject to hydrolysis) is 1. The molecule has 0 saturated heterocycles. The minimum atomic E-state index is -1.40. The molecule has 46 heavy (non-hydrogen) atoms. The van der Waals surface area contributed by atoms with Crippen molar-refractivity contribution < 1.29 is 33.8 Å². The second kappa shape index (κ2) is 17.1. The van der Waals surface area contributed by atoms with Crippen molar-refractivity contribution in [1.82, 2.24) is 15.5 Å². The van der Waals surface area contributed by atoms with Crippen molar-refractivity contribution in [2.75, 3.05) is 18.6 Å². The van der Waals surface area contributed by atoms with Gasteiger partial charge in [0.15, 0.2) is 0 Å². The number of carbonyl (C=O) groups excluding carboxylic acids is 4. The van der Waals surface area contributed by atoms with Gasteiger partial charge in [-0.2, -0.15) is 11.8 Å². The lowest BCUT2D eigenvalue weighted by Gasteiger charge is -2.35. The number of hydrogen-bond acceptors (Lipinski definition) is 8. The summed E-state index contributed by atoms with van der Waals surface area (Å²) in [5.74, 6) is -1.61. The van der Waals surface area contributed by atoms with Gasteiger partial charge < -0.3 is 30.1 Å². The summed E-state index contributed by atoms with van der Waals surface area (Å²) >= 11 is 1.49. The topological polar surface area (TPSA) is 134 Å². The van der Waals surface area contributed by atoms with Gasteiger partial charge in [0.05, 0.1) is 0 Å². The Hall–Kier alpha value is -3.99. The zero-order chi connectivity index (χ0) is 34.7. The number of amides is 3. The number of thioether (sulfide) groups is 1. The average Bonchev–Trinajstić information content (AvgIpc) is 2.95. The summed E-state index contributed by atoms with van der Waals surface area (Å²) in [5, 5.41) is 16.7. The Morgan fingerprint density at radius 1 is 0.935 bits per heavy atom. The van der Waals surface area contributed by atoms with Crippen LogP contribution in [0.2, 0.25) is 0 Å². The number of aromatic hydroxyl groups is 1. The number of nitrogens with zero attached hydrogens (tertiary/aromatic N) is 1. The molecule has 0 heterocycles. The molecule has 0 aliphatic heterocycles. The molecule has 0 saturated carbocycles. The zero-order valence-corrected chi connectivity index (χ0v) is 29.0. The molecule has 10 nitrogen and oxygen atoms in total. The normalized spacial score (nSPS) is 13.5.